The second kappa shape index (κ2) is 7.11. The molecule has 25 heavy (non-hydrogen) atoms. The number of aromatic amines is 1. The summed E-state index contributed by atoms with van der Waals surface area (Å²) in [5, 5.41) is 1.44. The standard InChI is InChI=1S/C20H18ClNO3/c1-3-12-4-9-17-15(10-12)16(11-18(23)25-2)19(22-17)20(24)13-5-7-14(21)8-6-13/h4-10,22H,3,11H2,1-2H3. The molecule has 0 aliphatic carbocycles. The molecule has 4 nitrogen and oxygen atoms in total. The van der Waals surface area contributed by atoms with Gasteiger partial charge in [-0.05, 0) is 48.4 Å². The first-order valence-electron chi connectivity index (χ1n) is 8.04. The summed E-state index contributed by atoms with van der Waals surface area (Å²) >= 11 is 5.90. The maximum atomic E-state index is 12.9. The number of hydrogen-bond donors (Lipinski definition) is 1. The molecular formula is C20H18ClNO3. The van der Waals surface area contributed by atoms with E-state index in [0.717, 1.165) is 22.9 Å². The van der Waals surface area contributed by atoms with Crippen molar-refractivity contribution in [2.45, 2.75) is 19.8 Å². The van der Waals surface area contributed by atoms with E-state index in [1.807, 2.05) is 18.2 Å². The summed E-state index contributed by atoms with van der Waals surface area (Å²) in [7, 11) is 1.34. The molecule has 0 spiro atoms. The Morgan fingerprint density at radius 3 is 2.48 bits per heavy atom. The zero-order chi connectivity index (χ0) is 18.0. The number of rotatable bonds is 5. The van der Waals surface area contributed by atoms with Gasteiger partial charge in [-0.15, -0.1) is 0 Å². The minimum atomic E-state index is -0.382. The summed E-state index contributed by atoms with van der Waals surface area (Å²) in [5.74, 6) is -0.558. The monoisotopic (exact) mass is 355 g/mol. The first-order chi connectivity index (χ1) is 12.0. The van der Waals surface area contributed by atoms with Crippen molar-refractivity contribution >= 4 is 34.3 Å². The molecule has 0 bridgehead atoms. The largest absolute Gasteiger partial charge is 0.469 e. The van der Waals surface area contributed by atoms with Gasteiger partial charge >= 0.3 is 5.97 Å². The number of ether oxygens (including phenoxy) is 1. The predicted molar refractivity (Wildman–Crippen MR) is 98.3 cm³/mol. The van der Waals surface area contributed by atoms with Crippen LogP contribution in [0.2, 0.25) is 5.02 Å². The molecule has 0 saturated heterocycles. The van der Waals surface area contributed by atoms with Crippen LogP contribution in [0.1, 0.15) is 34.1 Å². The average molecular weight is 356 g/mol. The van der Waals surface area contributed by atoms with Gasteiger partial charge in [0.2, 0.25) is 5.78 Å². The summed E-state index contributed by atoms with van der Waals surface area (Å²) in [6.45, 7) is 2.06. The number of nitrogens with one attached hydrogen (secondary N) is 1. The number of esters is 1. The van der Waals surface area contributed by atoms with Crippen molar-refractivity contribution in [1.82, 2.24) is 4.98 Å². The van der Waals surface area contributed by atoms with E-state index in [1.165, 1.54) is 7.11 Å². The van der Waals surface area contributed by atoms with E-state index in [-0.39, 0.29) is 18.2 Å². The topological polar surface area (TPSA) is 59.2 Å². The molecule has 0 atom stereocenters. The van der Waals surface area contributed by atoms with E-state index >= 15 is 0 Å². The number of carbonyl (C=O) groups excluding carboxylic acids is 2. The summed E-state index contributed by atoms with van der Waals surface area (Å²) in [6.07, 6.45) is 0.914. The fourth-order valence-corrected chi connectivity index (χ4v) is 2.98. The van der Waals surface area contributed by atoms with Gasteiger partial charge in [-0.3, -0.25) is 9.59 Å². The third-order valence-electron chi connectivity index (χ3n) is 4.26. The van der Waals surface area contributed by atoms with E-state index in [2.05, 4.69) is 11.9 Å². The first-order valence-corrected chi connectivity index (χ1v) is 8.41. The molecule has 3 rings (SSSR count). The van der Waals surface area contributed by atoms with E-state index in [0.29, 0.717) is 21.8 Å². The number of hydrogen-bond acceptors (Lipinski definition) is 3. The zero-order valence-electron chi connectivity index (χ0n) is 14.1. The van der Waals surface area contributed by atoms with Crippen molar-refractivity contribution in [2.24, 2.45) is 0 Å². The van der Waals surface area contributed by atoms with Crippen LogP contribution < -0.4 is 0 Å². The van der Waals surface area contributed by atoms with E-state index in [1.54, 1.807) is 24.3 Å². The average Bonchev–Trinajstić information content (AvgIpc) is 2.99. The summed E-state index contributed by atoms with van der Waals surface area (Å²) in [6, 6.07) is 12.7. The molecule has 0 radical (unpaired) electrons. The molecular weight excluding hydrogens is 338 g/mol. The number of methoxy groups -OCH3 is 1. The van der Waals surface area contributed by atoms with Gasteiger partial charge in [-0.25, -0.2) is 0 Å². The molecule has 0 unspecified atom stereocenters. The molecule has 1 heterocycles. The molecule has 1 aromatic heterocycles. The molecule has 0 aliphatic heterocycles. The highest BCUT2D eigenvalue weighted by Crippen LogP contribution is 2.27. The molecule has 1 N–H and O–H groups in total. The number of aryl methyl sites for hydroxylation is 1. The Morgan fingerprint density at radius 2 is 1.84 bits per heavy atom. The number of fused-ring (bicyclic) bond motifs is 1. The van der Waals surface area contributed by atoms with Crippen LogP contribution >= 0.6 is 11.6 Å². The Balaban J connectivity index is 2.15. The van der Waals surface area contributed by atoms with Crippen LogP contribution in [-0.4, -0.2) is 23.8 Å². The maximum Gasteiger partial charge on any atom is 0.310 e. The van der Waals surface area contributed by atoms with E-state index < -0.39 is 0 Å². The molecule has 0 saturated carbocycles. The van der Waals surface area contributed by atoms with Crippen LogP contribution in [0.5, 0.6) is 0 Å². The fraction of sp³-hybridized carbons (Fsp3) is 0.200. The maximum absolute atomic E-state index is 12.9. The number of H-pyrrole nitrogens is 1. The summed E-state index contributed by atoms with van der Waals surface area (Å²) < 4.78 is 4.80. The highest BCUT2D eigenvalue weighted by Gasteiger charge is 2.21. The van der Waals surface area contributed by atoms with Crippen molar-refractivity contribution in [3.05, 3.63) is 69.9 Å². The summed E-state index contributed by atoms with van der Waals surface area (Å²) in [4.78, 5) is 28.0. The van der Waals surface area contributed by atoms with Gasteiger partial charge in [0.25, 0.3) is 0 Å². The number of benzene rings is 2. The minimum absolute atomic E-state index is 0.0400. The normalized spacial score (nSPS) is 10.8. The van der Waals surface area contributed by atoms with Crippen LogP contribution in [0.25, 0.3) is 10.9 Å². The van der Waals surface area contributed by atoms with Crippen molar-refractivity contribution < 1.29 is 14.3 Å². The Morgan fingerprint density at radius 1 is 1.12 bits per heavy atom. The number of ketones is 1. The van der Waals surface area contributed by atoms with Gasteiger partial charge in [0.05, 0.1) is 19.2 Å². The van der Waals surface area contributed by atoms with Crippen LogP contribution in [0.4, 0.5) is 0 Å². The lowest BCUT2D eigenvalue weighted by atomic mass is 10.00. The van der Waals surface area contributed by atoms with Gasteiger partial charge in [0.1, 0.15) is 0 Å². The Hall–Kier alpha value is -2.59. The van der Waals surface area contributed by atoms with Crippen molar-refractivity contribution in [2.75, 3.05) is 7.11 Å². The highest BCUT2D eigenvalue weighted by molar-refractivity contribution is 6.30. The second-order valence-corrected chi connectivity index (χ2v) is 6.24. The predicted octanol–water partition coefficient (Wildman–Crippen LogP) is 4.33. The Bertz CT molecular complexity index is 941. The van der Waals surface area contributed by atoms with Crippen LogP contribution in [0.15, 0.2) is 42.5 Å². The van der Waals surface area contributed by atoms with Gasteiger partial charge < -0.3 is 9.72 Å². The third-order valence-corrected chi connectivity index (χ3v) is 4.51. The zero-order valence-corrected chi connectivity index (χ0v) is 14.8. The molecule has 0 aliphatic rings. The van der Waals surface area contributed by atoms with E-state index in [4.69, 9.17) is 16.3 Å². The Labute approximate surface area is 150 Å². The first kappa shape index (κ1) is 17.2. The van der Waals surface area contributed by atoms with Crippen LogP contribution in [0, 0.1) is 0 Å². The number of aromatic nitrogens is 1. The van der Waals surface area contributed by atoms with Gasteiger partial charge in [-0.1, -0.05) is 24.6 Å². The summed E-state index contributed by atoms with van der Waals surface area (Å²) in [5.41, 5.74) is 3.56. The molecule has 3 aromatic rings. The van der Waals surface area contributed by atoms with Crippen molar-refractivity contribution in [3.63, 3.8) is 0 Å². The molecule has 128 valence electrons. The molecule has 2 aromatic carbocycles. The molecule has 0 amide bonds. The SMILES string of the molecule is CCc1ccc2[nH]c(C(=O)c3ccc(Cl)cc3)c(CC(=O)OC)c2c1. The quantitative estimate of drug-likeness (QED) is 0.547. The lowest BCUT2D eigenvalue weighted by Gasteiger charge is -2.05. The molecule has 5 heteroatoms. The fourth-order valence-electron chi connectivity index (χ4n) is 2.85. The molecule has 0 fully saturated rings. The van der Waals surface area contributed by atoms with E-state index in [9.17, 15) is 9.59 Å². The van der Waals surface area contributed by atoms with Gasteiger partial charge in [0, 0.05) is 27.1 Å². The highest BCUT2D eigenvalue weighted by atomic mass is 35.5. The minimum Gasteiger partial charge on any atom is -0.469 e. The van der Waals surface area contributed by atoms with Crippen LogP contribution in [-0.2, 0) is 22.4 Å². The smallest absolute Gasteiger partial charge is 0.310 e. The second-order valence-electron chi connectivity index (χ2n) is 5.80. The van der Waals surface area contributed by atoms with Gasteiger partial charge in [-0.2, -0.15) is 0 Å². The Kier molecular flexibility index (Phi) is 4.91. The lowest BCUT2D eigenvalue weighted by Crippen LogP contribution is -2.10. The lowest BCUT2D eigenvalue weighted by molar-refractivity contribution is -0.139. The van der Waals surface area contributed by atoms with Crippen molar-refractivity contribution in [3.8, 4) is 0 Å². The van der Waals surface area contributed by atoms with Crippen LogP contribution in [0.3, 0.4) is 0 Å². The number of carbonyl (C=O) groups is 2. The number of halogens is 1. The van der Waals surface area contributed by atoms with Crippen molar-refractivity contribution in [1.29, 1.82) is 0 Å². The van der Waals surface area contributed by atoms with Gasteiger partial charge in [0.15, 0.2) is 0 Å². The third kappa shape index (κ3) is 3.44.